The highest BCUT2D eigenvalue weighted by Crippen LogP contribution is 2.16. The Kier molecular flexibility index (Phi) is 4.34. The predicted molar refractivity (Wildman–Crippen MR) is 76.9 cm³/mol. The van der Waals surface area contributed by atoms with Crippen LogP contribution in [0.1, 0.15) is 19.2 Å². The van der Waals surface area contributed by atoms with E-state index in [1.54, 1.807) is 6.08 Å². The molecule has 1 N–H and O–H groups in total. The highest BCUT2D eigenvalue weighted by molar-refractivity contribution is 5.81. The molecule has 0 aliphatic rings. The zero-order valence-electron chi connectivity index (χ0n) is 11.2. The van der Waals surface area contributed by atoms with Crippen LogP contribution in [0.4, 0.5) is 0 Å². The summed E-state index contributed by atoms with van der Waals surface area (Å²) in [7, 11) is 0. The van der Waals surface area contributed by atoms with E-state index in [2.05, 4.69) is 23.8 Å². The highest BCUT2D eigenvalue weighted by atomic mass is 16.1. The minimum absolute atomic E-state index is 0.0135. The average Bonchev–Trinajstić information content (AvgIpc) is 2.75. The van der Waals surface area contributed by atoms with E-state index < -0.39 is 0 Å². The van der Waals surface area contributed by atoms with Gasteiger partial charge in [0, 0.05) is 13.0 Å². The van der Waals surface area contributed by atoms with E-state index >= 15 is 0 Å². The van der Waals surface area contributed by atoms with Gasteiger partial charge in [0.15, 0.2) is 0 Å². The lowest BCUT2D eigenvalue weighted by molar-refractivity contribution is -0.121. The van der Waals surface area contributed by atoms with E-state index in [-0.39, 0.29) is 5.91 Å². The molecule has 0 spiro atoms. The molecule has 19 heavy (non-hydrogen) atoms. The van der Waals surface area contributed by atoms with Crippen LogP contribution in [0.25, 0.3) is 11.0 Å². The van der Waals surface area contributed by atoms with Crippen molar-refractivity contribution in [1.82, 2.24) is 14.9 Å². The molecule has 1 heterocycles. The molecule has 1 amide bonds. The summed E-state index contributed by atoms with van der Waals surface area (Å²) in [6, 6.07) is 7.92. The van der Waals surface area contributed by atoms with E-state index in [0.29, 0.717) is 13.1 Å². The maximum atomic E-state index is 11.9. The molecule has 1 aromatic heterocycles. The number of nitrogens with one attached hydrogen (secondary N) is 1. The van der Waals surface area contributed by atoms with Gasteiger partial charge >= 0.3 is 0 Å². The van der Waals surface area contributed by atoms with Crippen molar-refractivity contribution >= 4 is 16.9 Å². The molecule has 0 radical (unpaired) electrons. The number of carbonyl (C=O) groups excluding carboxylic acids is 1. The molecule has 100 valence electrons. The lowest BCUT2D eigenvalue weighted by atomic mass is 10.3. The van der Waals surface area contributed by atoms with Gasteiger partial charge in [0.05, 0.1) is 11.0 Å². The molecule has 0 aliphatic heterocycles. The van der Waals surface area contributed by atoms with Gasteiger partial charge in [0.2, 0.25) is 5.91 Å². The van der Waals surface area contributed by atoms with E-state index in [1.165, 1.54) is 0 Å². The van der Waals surface area contributed by atoms with Crippen molar-refractivity contribution < 1.29 is 4.79 Å². The van der Waals surface area contributed by atoms with Crippen molar-refractivity contribution in [3.63, 3.8) is 0 Å². The standard InChI is InChI=1S/C15H19N3O/c1-3-7-14-17-12-8-5-6-9-13(12)18(14)11-15(19)16-10-4-2/h4-6,8-9H,2-3,7,10-11H2,1H3,(H,16,19). The Morgan fingerprint density at radius 3 is 3.00 bits per heavy atom. The maximum Gasteiger partial charge on any atom is 0.240 e. The number of para-hydroxylation sites is 2. The minimum atomic E-state index is -0.0135. The number of aromatic nitrogens is 2. The van der Waals surface area contributed by atoms with Crippen LogP contribution in [0, 0.1) is 0 Å². The third kappa shape index (κ3) is 3.02. The number of fused-ring (bicyclic) bond motifs is 1. The molecule has 2 rings (SSSR count). The van der Waals surface area contributed by atoms with Crippen LogP contribution >= 0.6 is 0 Å². The molecular formula is C15H19N3O. The lowest BCUT2D eigenvalue weighted by Crippen LogP contribution is -2.28. The predicted octanol–water partition coefficient (Wildman–Crippen LogP) is 2.29. The molecule has 0 bridgehead atoms. The Bertz CT molecular complexity index is 586. The monoisotopic (exact) mass is 257 g/mol. The Labute approximate surface area is 113 Å². The summed E-state index contributed by atoms with van der Waals surface area (Å²) in [5.41, 5.74) is 1.96. The van der Waals surface area contributed by atoms with Gasteiger partial charge in [0.25, 0.3) is 0 Å². The zero-order valence-corrected chi connectivity index (χ0v) is 11.2. The van der Waals surface area contributed by atoms with Gasteiger partial charge < -0.3 is 9.88 Å². The second-order valence-corrected chi connectivity index (χ2v) is 4.45. The second-order valence-electron chi connectivity index (χ2n) is 4.45. The van der Waals surface area contributed by atoms with Crippen molar-refractivity contribution in [2.24, 2.45) is 0 Å². The topological polar surface area (TPSA) is 46.9 Å². The first-order valence-corrected chi connectivity index (χ1v) is 6.58. The Hall–Kier alpha value is -2.10. The zero-order chi connectivity index (χ0) is 13.7. The smallest absolute Gasteiger partial charge is 0.240 e. The van der Waals surface area contributed by atoms with Gasteiger partial charge in [-0.05, 0) is 18.6 Å². The van der Waals surface area contributed by atoms with Crippen LogP contribution in [0.3, 0.4) is 0 Å². The summed E-state index contributed by atoms with van der Waals surface area (Å²) in [5, 5.41) is 2.80. The van der Waals surface area contributed by atoms with Crippen LogP contribution in [0.2, 0.25) is 0 Å². The molecule has 0 atom stereocenters. The Balaban J connectivity index is 2.30. The molecule has 0 saturated carbocycles. The molecule has 0 saturated heterocycles. The number of hydrogen-bond acceptors (Lipinski definition) is 2. The first-order chi connectivity index (χ1) is 9.26. The Morgan fingerprint density at radius 1 is 1.47 bits per heavy atom. The molecular weight excluding hydrogens is 238 g/mol. The van der Waals surface area contributed by atoms with E-state index in [0.717, 1.165) is 29.7 Å². The molecule has 0 unspecified atom stereocenters. The largest absolute Gasteiger partial charge is 0.351 e. The highest BCUT2D eigenvalue weighted by Gasteiger charge is 2.12. The van der Waals surface area contributed by atoms with Crippen molar-refractivity contribution in [3.05, 3.63) is 42.7 Å². The van der Waals surface area contributed by atoms with E-state index in [9.17, 15) is 4.79 Å². The van der Waals surface area contributed by atoms with Gasteiger partial charge in [-0.15, -0.1) is 6.58 Å². The fraction of sp³-hybridized carbons (Fsp3) is 0.333. The summed E-state index contributed by atoms with van der Waals surface area (Å²) in [6.45, 7) is 6.51. The van der Waals surface area contributed by atoms with Gasteiger partial charge in [-0.1, -0.05) is 25.1 Å². The number of benzene rings is 1. The summed E-state index contributed by atoms with van der Waals surface area (Å²) in [4.78, 5) is 16.5. The van der Waals surface area contributed by atoms with Crippen molar-refractivity contribution in [3.8, 4) is 0 Å². The first-order valence-electron chi connectivity index (χ1n) is 6.58. The van der Waals surface area contributed by atoms with Gasteiger partial charge in [-0.2, -0.15) is 0 Å². The molecule has 2 aromatic rings. The van der Waals surface area contributed by atoms with Gasteiger partial charge in [-0.3, -0.25) is 4.79 Å². The summed E-state index contributed by atoms with van der Waals surface area (Å²) in [5.74, 6) is 0.956. The Morgan fingerprint density at radius 2 is 2.26 bits per heavy atom. The lowest BCUT2D eigenvalue weighted by Gasteiger charge is -2.08. The molecule has 1 aromatic carbocycles. The van der Waals surface area contributed by atoms with Crippen molar-refractivity contribution in [2.45, 2.75) is 26.3 Å². The van der Waals surface area contributed by atoms with Crippen LogP contribution in [0.5, 0.6) is 0 Å². The third-order valence-electron chi connectivity index (χ3n) is 2.95. The quantitative estimate of drug-likeness (QED) is 0.807. The molecule has 0 aliphatic carbocycles. The SMILES string of the molecule is C=CCNC(=O)Cn1c(CCC)nc2ccccc21. The maximum absolute atomic E-state index is 11.9. The van der Waals surface area contributed by atoms with Crippen molar-refractivity contribution in [2.75, 3.05) is 6.54 Å². The van der Waals surface area contributed by atoms with Crippen LogP contribution < -0.4 is 5.32 Å². The van der Waals surface area contributed by atoms with Gasteiger partial charge in [-0.25, -0.2) is 4.98 Å². The number of aryl methyl sites for hydroxylation is 1. The first kappa shape index (κ1) is 13.3. The second kappa shape index (κ2) is 6.18. The minimum Gasteiger partial charge on any atom is -0.351 e. The normalized spacial score (nSPS) is 10.6. The molecule has 0 fully saturated rings. The fourth-order valence-corrected chi connectivity index (χ4v) is 2.10. The summed E-state index contributed by atoms with van der Waals surface area (Å²) < 4.78 is 2.00. The van der Waals surface area contributed by atoms with Crippen molar-refractivity contribution in [1.29, 1.82) is 0 Å². The number of hydrogen-bond donors (Lipinski definition) is 1. The third-order valence-corrected chi connectivity index (χ3v) is 2.95. The summed E-state index contributed by atoms with van der Waals surface area (Å²) >= 11 is 0. The molecule has 4 heteroatoms. The van der Waals surface area contributed by atoms with Gasteiger partial charge in [0.1, 0.15) is 12.4 Å². The van der Waals surface area contributed by atoms with Crippen LogP contribution in [0.15, 0.2) is 36.9 Å². The number of nitrogens with zero attached hydrogens (tertiary/aromatic N) is 2. The number of imidazole rings is 1. The fourth-order valence-electron chi connectivity index (χ4n) is 2.10. The number of rotatable bonds is 6. The van der Waals surface area contributed by atoms with Crippen LogP contribution in [-0.2, 0) is 17.8 Å². The van der Waals surface area contributed by atoms with E-state index in [4.69, 9.17) is 0 Å². The van der Waals surface area contributed by atoms with Crippen LogP contribution in [-0.4, -0.2) is 22.0 Å². The average molecular weight is 257 g/mol. The number of carbonyl (C=O) groups is 1. The number of amides is 1. The molecule has 4 nitrogen and oxygen atoms in total. The van der Waals surface area contributed by atoms with E-state index in [1.807, 2.05) is 28.8 Å². The summed E-state index contributed by atoms with van der Waals surface area (Å²) in [6.07, 6.45) is 3.57.